The molecule has 3 aromatic rings. The standard InChI is InChI=1S/C25H26N2O4/c1-27(16-21-17-30-22-13-6-7-14-23(22)31-21)24(18-9-4-3-5-10-18)25(28)26-19-11-8-12-20(15-19)29-2/h3-15,21,24H,16-17H2,1-2H3,(H,26,28). The molecule has 2 unspecified atom stereocenters. The van der Waals surface area contributed by atoms with E-state index < -0.39 is 6.04 Å². The number of carbonyl (C=O) groups is 1. The van der Waals surface area contributed by atoms with E-state index in [9.17, 15) is 4.79 Å². The highest BCUT2D eigenvalue weighted by Gasteiger charge is 2.30. The number of hydrogen-bond acceptors (Lipinski definition) is 5. The van der Waals surface area contributed by atoms with E-state index in [-0.39, 0.29) is 12.0 Å². The van der Waals surface area contributed by atoms with Gasteiger partial charge in [-0.15, -0.1) is 0 Å². The molecular weight excluding hydrogens is 392 g/mol. The van der Waals surface area contributed by atoms with E-state index in [4.69, 9.17) is 14.2 Å². The summed E-state index contributed by atoms with van der Waals surface area (Å²) in [5.41, 5.74) is 1.59. The van der Waals surface area contributed by atoms with Crippen molar-refractivity contribution in [3.63, 3.8) is 0 Å². The Kier molecular flexibility index (Phi) is 6.38. The van der Waals surface area contributed by atoms with Gasteiger partial charge < -0.3 is 19.5 Å². The maximum Gasteiger partial charge on any atom is 0.246 e. The molecule has 0 aliphatic carbocycles. The van der Waals surface area contributed by atoms with Crippen LogP contribution in [0.3, 0.4) is 0 Å². The van der Waals surface area contributed by atoms with Crippen LogP contribution in [0.2, 0.25) is 0 Å². The van der Waals surface area contributed by atoms with E-state index in [1.165, 1.54) is 0 Å². The topological polar surface area (TPSA) is 60.0 Å². The Morgan fingerprint density at radius 1 is 1.06 bits per heavy atom. The summed E-state index contributed by atoms with van der Waals surface area (Å²) >= 11 is 0. The van der Waals surface area contributed by atoms with Gasteiger partial charge in [0.15, 0.2) is 11.5 Å². The molecule has 3 aromatic carbocycles. The van der Waals surface area contributed by atoms with Crippen molar-refractivity contribution in [2.75, 3.05) is 32.6 Å². The lowest BCUT2D eigenvalue weighted by molar-refractivity contribution is -0.121. The summed E-state index contributed by atoms with van der Waals surface area (Å²) in [7, 11) is 3.53. The van der Waals surface area contributed by atoms with Gasteiger partial charge in [-0.2, -0.15) is 0 Å². The third kappa shape index (κ3) is 4.98. The molecule has 1 heterocycles. The lowest BCUT2D eigenvalue weighted by Crippen LogP contribution is -2.43. The highest BCUT2D eigenvalue weighted by molar-refractivity contribution is 5.95. The molecule has 31 heavy (non-hydrogen) atoms. The van der Waals surface area contributed by atoms with Crippen molar-refractivity contribution < 1.29 is 19.0 Å². The summed E-state index contributed by atoms with van der Waals surface area (Å²) in [6.07, 6.45) is -0.185. The second-order valence-electron chi connectivity index (χ2n) is 7.47. The van der Waals surface area contributed by atoms with Crippen molar-refractivity contribution in [2.45, 2.75) is 12.1 Å². The Hall–Kier alpha value is -3.51. The molecule has 1 amide bonds. The number of anilines is 1. The smallest absolute Gasteiger partial charge is 0.246 e. The number of rotatable bonds is 7. The van der Waals surface area contributed by atoms with Crippen LogP contribution in [0.4, 0.5) is 5.69 Å². The molecule has 0 spiro atoms. The first-order valence-corrected chi connectivity index (χ1v) is 10.2. The molecule has 0 saturated heterocycles. The van der Waals surface area contributed by atoms with Gasteiger partial charge >= 0.3 is 0 Å². The van der Waals surface area contributed by atoms with Crippen molar-refractivity contribution >= 4 is 11.6 Å². The Morgan fingerprint density at radius 2 is 1.81 bits per heavy atom. The molecule has 2 atom stereocenters. The van der Waals surface area contributed by atoms with Gasteiger partial charge in [-0.05, 0) is 36.9 Å². The Morgan fingerprint density at radius 3 is 2.58 bits per heavy atom. The minimum absolute atomic E-state index is 0.126. The number of para-hydroxylation sites is 2. The zero-order valence-electron chi connectivity index (χ0n) is 17.7. The first-order chi connectivity index (χ1) is 15.1. The fourth-order valence-corrected chi connectivity index (χ4v) is 3.73. The molecule has 0 aromatic heterocycles. The van der Waals surface area contributed by atoms with Crippen LogP contribution in [0.25, 0.3) is 0 Å². The maximum absolute atomic E-state index is 13.3. The maximum atomic E-state index is 13.3. The van der Waals surface area contributed by atoms with Crippen LogP contribution in [0, 0.1) is 0 Å². The van der Waals surface area contributed by atoms with Gasteiger partial charge in [-0.25, -0.2) is 0 Å². The number of ether oxygens (including phenoxy) is 3. The van der Waals surface area contributed by atoms with Crippen LogP contribution < -0.4 is 19.5 Å². The summed E-state index contributed by atoms with van der Waals surface area (Å²) in [5, 5.41) is 3.02. The van der Waals surface area contributed by atoms with Crippen molar-refractivity contribution in [1.29, 1.82) is 0 Å². The van der Waals surface area contributed by atoms with Crippen LogP contribution in [0.5, 0.6) is 17.2 Å². The molecule has 0 bridgehead atoms. The predicted octanol–water partition coefficient (Wildman–Crippen LogP) is 4.15. The molecular formula is C25H26N2O4. The number of nitrogens with one attached hydrogen (secondary N) is 1. The average molecular weight is 418 g/mol. The minimum Gasteiger partial charge on any atom is -0.497 e. The van der Waals surface area contributed by atoms with Gasteiger partial charge in [0.25, 0.3) is 0 Å². The second-order valence-corrected chi connectivity index (χ2v) is 7.47. The number of benzene rings is 3. The normalized spacial score (nSPS) is 15.9. The third-order valence-electron chi connectivity index (χ3n) is 5.20. The van der Waals surface area contributed by atoms with E-state index >= 15 is 0 Å². The van der Waals surface area contributed by atoms with Crippen LogP contribution >= 0.6 is 0 Å². The van der Waals surface area contributed by atoms with Crippen molar-refractivity contribution in [1.82, 2.24) is 4.90 Å². The average Bonchev–Trinajstić information content (AvgIpc) is 2.80. The molecule has 0 fully saturated rings. The summed E-state index contributed by atoms with van der Waals surface area (Å²) in [5.74, 6) is 2.04. The number of hydrogen-bond donors (Lipinski definition) is 1. The van der Waals surface area contributed by atoms with E-state index in [0.717, 1.165) is 17.1 Å². The van der Waals surface area contributed by atoms with Gasteiger partial charge in [0.1, 0.15) is 24.5 Å². The Balaban J connectivity index is 1.51. The van der Waals surface area contributed by atoms with Crippen LogP contribution in [-0.2, 0) is 4.79 Å². The SMILES string of the molecule is COc1cccc(NC(=O)C(c2ccccc2)N(C)CC2COc3ccccc3O2)c1. The van der Waals surface area contributed by atoms with Crippen LogP contribution in [0.15, 0.2) is 78.9 Å². The molecule has 0 saturated carbocycles. The summed E-state index contributed by atoms with van der Waals surface area (Å²) in [4.78, 5) is 15.3. The molecule has 4 rings (SSSR count). The van der Waals surface area contributed by atoms with Gasteiger partial charge in [0, 0.05) is 18.3 Å². The highest BCUT2D eigenvalue weighted by atomic mass is 16.6. The first kappa shape index (κ1) is 20.8. The number of methoxy groups -OCH3 is 1. The largest absolute Gasteiger partial charge is 0.497 e. The molecule has 1 aliphatic heterocycles. The molecule has 6 nitrogen and oxygen atoms in total. The Bertz CT molecular complexity index is 1020. The van der Waals surface area contributed by atoms with Crippen molar-refractivity contribution in [3.05, 3.63) is 84.4 Å². The molecule has 1 aliphatic rings. The zero-order valence-corrected chi connectivity index (χ0v) is 17.7. The molecule has 6 heteroatoms. The summed E-state index contributed by atoms with van der Waals surface area (Å²) in [6.45, 7) is 0.958. The quantitative estimate of drug-likeness (QED) is 0.625. The number of likely N-dealkylation sites (N-methyl/N-ethyl adjacent to an activating group) is 1. The van der Waals surface area contributed by atoms with E-state index in [0.29, 0.717) is 24.6 Å². The predicted molar refractivity (Wildman–Crippen MR) is 120 cm³/mol. The molecule has 160 valence electrons. The van der Waals surface area contributed by atoms with Gasteiger partial charge in [0.2, 0.25) is 5.91 Å². The van der Waals surface area contributed by atoms with Gasteiger partial charge in [-0.3, -0.25) is 9.69 Å². The first-order valence-electron chi connectivity index (χ1n) is 10.2. The van der Waals surface area contributed by atoms with E-state index in [1.807, 2.05) is 84.7 Å². The van der Waals surface area contributed by atoms with Gasteiger partial charge in [-0.1, -0.05) is 48.5 Å². The minimum atomic E-state index is -0.492. The number of amides is 1. The fourth-order valence-electron chi connectivity index (χ4n) is 3.73. The fraction of sp³-hybridized carbons (Fsp3) is 0.240. The lowest BCUT2D eigenvalue weighted by Gasteiger charge is -2.33. The van der Waals surface area contributed by atoms with Crippen molar-refractivity contribution in [3.8, 4) is 17.2 Å². The molecule has 1 N–H and O–H groups in total. The third-order valence-corrected chi connectivity index (χ3v) is 5.20. The number of nitrogens with zero attached hydrogens (tertiary/aromatic N) is 1. The van der Waals surface area contributed by atoms with Crippen molar-refractivity contribution in [2.24, 2.45) is 0 Å². The molecule has 0 radical (unpaired) electrons. The van der Waals surface area contributed by atoms with Gasteiger partial charge in [0.05, 0.1) is 7.11 Å². The van der Waals surface area contributed by atoms with Crippen LogP contribution in [-0.4, -0.2) is 44.2 Å². The number of carbonyl (C=O) groups excluding carboxylic acids is 1. The monoisotopic (exact) mass is 418 g/mol. The zero-order chi connectivity index (χ0) is 21.6. The lowest BCUT2D eigenvalue weighted by atomic mass is 10.0. The highest BCUT2D eigenvalue weighted by Crippen LogP contribution is 2.32. The van der Waals surface area contributed by atoms with E-state index in [2.05, 4.69) is 5.32 Å². The summed E-state index contributed by atoms with van der Waals surface area (Å²) < 4.78 is 17.2. The van der Waals surface area contributed by atoms with E-state index in [1.54, 1.807) is 13.2 Å². The summed E-state index contributed by atoms with van der Waals surface area (Å²) in [6, 6.07) is 24.2. The number of fused-ring (bicyclic) bond motifs is 1. The Labute approximate surface area is 182 Å². The van der Waals surface area contributed by atoms with Crippen LogP contribution in [0.1, 0.15) is 11.6 Å². The second kappa shape index (κ2) is 9.53.